The monoisotopic (exact) mass is 391 g/mol. The Hall–Kier alpha value is -2.57. The molecule has 1 heterocycles. The lowest BCUT2D eigenvalue weighted by Crippen LogP contribution is -2.08. The highest BCUT2D eigenvalue weighted by Gasteiger charge is 2.15. The molecule has 1 N–H and O–H groups in total. The highest BCUT2D eigenvalue weighted by Crippen LogP contribution is 2.38. The molecule has 26 heavy (non-hydrogen) atoms. The van der Waals surface area contributed by atoms with Crippen LogP contribution in [0.5, 0.6) is 11.6 Å². The molecular weight excluding hydrogens is 377 g/mol. The van der Waals surface area contributed by atoms with E-state index in [2.05, 4.69) is 10.2 Å². The maximum absolute atomic E-state index is 11.9. The number of aromatic hydroxyl groups is 1. The molecule has 0 aliphatic heterocycles. The molecule has 0 fully saturated rings. The standard InChI is InChI=1S/C18H15Cl2N3O3/c1-2-23-14-6-4-3-5-12(14)17(18(23)25)22-21-16(24)10-26-15-8-7-11(19)9-13(15)20/h3-9,25H,2,10H2,1H3. The first-order valence-corrected chi connectivity index (χ1v) is 8.59. The Morgan fingerprint density at radius 1 is 1.23 bits per heavy atom. The third-order valence-electron chi connectivity index (χ3n) is 3.74. The van der Waals surface area contributed by atoms with Crippen LogP contribution in [0.4, 0.5) is 5.69 Å². The molecule has 2 aromatic carbocycles. The van der Waals surface area contributed by atoms with E-state index in [-0.39, 0.29) is 18.2 Å². The lowest BCUT2D eigenvalue weighted by Gasteiger charge is -2.05. The summed E-state index contributed by atoms with van der Waals surface area (Å²) >= 11 is 11.8. The van der Waals surface area contributed by atoms with Gasteiger partial charge in [0.15, 0.2) is 12.3 Å². The van der Waals surface area contributed by atoms with E-state index in [4.69, 9.17) is 27.9 Å². The summed E-state index contributed by atoms with van der Waals surface area (Å²) in [7, 11) is 0. The van der Waals surface area contributed by atoms with Crippen molar-refractivity contribution in [2.75, 3.05) is 6.61 Å². The predicted molar refractivity (Wildman–Crippen MR) is 101 cm³/mol. The minimum atomic E-state index is -0.608. The van der Waals surface area contributed by atoms with Crippen molar-refractivity contribution in [1.29, 1.82) is 0 Å². The number of benzene rings is 2. The second kappa shape index (κ2) is 7.76. The molecule has 0 aliphatic rings. The first-order chi connectivity index (χ1) is 12.5. The average molecular weight is 392 g/mol. The van der Waals surface area contributed by atoms with E-state index in [1.807, 2.05) is 31.2 Å². The summed E-state index contributed by atoms with van der Waals surface area (Å²) in [6, 6.07) is 12.1. The number of hydrogen-bond donors (Lipinski definition) is 1. The van der Waals surface area contributed by atoms with Crippen molar-refractivity contribution in [1.82, 2.24) is 4.57 Å². The van der Waals surface area contributed by atoms with Gasteiger partial charge in [-0.1, -0.05) is 41.4 Å². The van der Waals surface area contributed by atoms with Crippen LogP contribution in [0.3, 0.4) is 0 Å². The van der Waals surface area contributed by atoms with Gasteiger partial charge in [-0.2, -0.15) is 0 Å². The smallest absolute Gasteiger partial charge is 0.302 e. The van der Waals surface area contributed by atoms with Crippen molar-refractivity contribution >= 4 is 45.7 Å². The highest BCUT2D eigenvalue weighted by atomic mass is 35.5. The summed E-state index contributed by atoms with van der Waals surface area (Å²) < 4.78 is 7.02. The molecule has 8 heteroatoms. The van der Waals surface area contributed by atoms with E-state index in [0.29, 0.717) is 27.7 Å². The van der Waals surface area contributed by atoms with Crippen LogP contribution in [-0.4, -0.2) is 22.2 Å². The number of aromatic nitrogens is 1. The van der Waals surface area contributed by atoms with Gasteiger partial charge in [0.05, 0.1) is 10.5 Å². The van der Waals surface area contributed by atoms with Crippen molar-refractivity contribution in [2.45, 2.75) is 13.5 Å². The number of carbonyl (C=O) groups is 1. The number of para-hydroxylation sites is 1. The first-order valence-electron chi connectivity index (χ1n) is 7.84. The molecule has 0 radical (unpaired) electrons. The van der Waals surface area contributed by atoms with Gasteiger partial charge in [-0.25, -0.2) is 0 Å². The van der Waals surface area contributed by atoms with Crippen molar-refractivity contribution in [2.24, 2.45) is 10.2 Å². The van der Waals surface area contributed by atoms with Crippen molar-refractivity contribution < 1.29 is 14.6 Å². The van der Waals surface area contributed by atoms with Crippen LogP contribution in [0.1, 0.15) is 6.92 Å². The van der Waals surface area contributed by atoms with Crippen LogP contribution in [0, 0.1) is 0 Å². The number of aryl methyl sites for hydroxylation is 1. The second-order valence-corrected chi connectivity index (χ2v) is 6.23. The lowest BCUT2D eigenvalue weighted by molar-refractivity contribution is -0.120. The topological polar surface area (TPSA) is 76.2 Å². The number of nitrogens with zero attached hydrogens (tertiary/aromatic N) is 3. The number of halogens is 2. The summed E-state index contributed by atoms with van der Waals surface area (Å²) in [6.45, 7) is 2.13. The molecule has 0 unspecified atom stereocenters. The van der Waals surface area contributed by atoms with Gasteiger partial charge in [0.2, 0.25) is 5.88 Å². The quantitative estimate of drug-likeness (QED) is 0.594. The van der Waals surface area contributed by atoms with E-state index in [1.165, 1.54) is 6.07 Å². The molecule has 134 valence electrons. The fourth-order valence-corrected chi connectivity index (χ4v) is 3.02. The van der Waals surface area contributed by atoms with Crippen LogP contribution in [0.15, 0.2) is 52.7 Å². The zero-order valence-corrected chi connectivity index (χ0v) is 15.3. The van der Waals surface area contributed by atoms with Gasteiger partial charge >= 0.3 is 5.91 Å². The maximum atomic E-state index is 11.9. The Balaban J connectivity index is 1.76. The van der Waals surface area contributed by atoms with Crippen LogP contribution in [-0.2, 0) is 11.3 Å². The fraction of sp³-hybridized carbons (Fsp3) is 0.167. The Labute approximate surface area is 159 Å². The van der Waals surface area contributed by atoms with Gasteiger partial charge < -0.3 is 14.4 Å². The minimum Gasteiger partial charge on any atom is -0.493 e. The zero-order valence-electron chi connectivity index (χ0n) is 13.8. The van der Waals surface area contributed by atoms with Gasteiger partial charge in [0.25, 0.3) is 0 Å². The number of amides is 1. The number of azo groups is 1. The van der Waals surface area contributed by atoms with E-state index in [0.717, 1.165) is 5.52 Å². The normalized spacial score (nSPS) is 11.3. The Kier molecular flexibility index (Phi) is 5.44. The van der Waals surface area contributed by atoms with Crippen molar-refractivity contribution in [3.63, 3.8) is 0 Å². The first kappa shape index (κ1) is 18.2. The number of rotatable bonds is 5. The van der Waals surface area contributed by atoms with Crippen LogP contribution in [0.25, 0.3) is 10.9 Å². The van der Waals surface area contributed by atoms with Crippen LogP contribution >= 0.6 is 23.2 Å². The van der Waals surface area contributed by atoms with Gasteiger partial charge in [0.1, 0.15) is 5.75 Å². The van der Waals surface area contributed by atoms with Crippen molar-refractivity contribution in [3.05, 3.63) is 52.5 Å². The summed E-state index contributed by atoms with van der Waals surface area (Å²) in [4.78, 5) is 11.9. The van der Waals surface area contributed by atoms with E-state index in [9.17, 15) is 9.90 Å². The summed E-state index contributed by atoms with van der Waals surface area (Å²) in [5.41, 5.74) is 1.07. The Morgan fingerprint density at radius 3 is 2.73 bits per heavy atom. The second-order valence-electron chi connectivity index (χ2n) is 5.39. The SMILES string of the molecule is CCn1c(O)c(N=NC(=O)COc2ccc(Cl)cc2Cl)c2ccccc21. The van der Waals surface area contributed by atoms with Gasteiger partial charge in [-0.05, 0) is 31.2 Å². The molecule has 6 nitrogen and oxygen atoms in total. The highest BCUT2D eigenvalue weighted by molar-refractivity contribution is 6.35. The molecular formula is C18H15Cl2N3O3. The predicted octanol–water partition coefficient (Wildman–Crippen LogP) is 5.36. The molecule has 3 rings (SSSR count). The zero-order chi connectivity index (χ0) is 18.7. The average Bonchev–Trinajstić information content (AvgIpc) is 2.90. The minimum absolute atomic E-state index is 0.0353. The summed E-state index contributed by atoms with van der Waals surface area (Å²) in [6.07, 6.45) is 0. The molecule has 1 amide bonds. The van der Waals surface area contributed by atoms with E-state index < -0.39 is 5.91 Å². The Morgan fingerprint density at radius 2 is 2.00 bits per heavy atom. The maximum Gasteiger partial charge on any atom is 0.302 e. The summed E-state index contributed by atoms with van der Waals surface area (Å²) in [5.74, 6) is -0.319. The number of carbonyl (C=O) groups excluding carboxylic acids is 1. The molecule has 0 atom stereocenters. The van der Waals surface area contributed by atoms with E-state index >= 15 is 0 Å². The van der Waals surface area contributed by atoms with Crippen LogP contribution in [0.2, 0.25) is 10.0 Å². The fourth-order valence-electron chi connectivity index (χ4n) is 2.56. The van der Waals surface area contributed by atoms with Gasteiger partial charge in [-0.3, -0.25) is 4.79 Å². The number of hydrogen-bond acceptors (Lipinski definition) is 4. The molecule has 0 spiro atoms. The molecule has 0 aliphatic carbocycles. The molecule has 0 saturated carbocycles. The third kappa shape index (κ3) is 3.66. The summed E-state index contributed by atoms with van der Waals surface area (Å²) in [5, 5.41) is 19.4. The van der Waals surface area contributed by atoms with Gasteiger partial charge in [0, 0.05) is 17.0 Å². The van der Waals surface area contributed by atoms with E-state index in [1.54, 1.807) is 16.7 Å². The molecule has 3 aromatic rings. The largest absolute Gasteiger partial charge is 0.493 e. The van der Waals surface area contributed by atoms with Crippen LogP contribution < -0.4 is 4.74 Å². The Bertz CT molecular complexity index is 999. The number of ether oxygens (including phenoxy) is 1. The molecule has 0 bridgehead atoms. The molecule has 0 saturated heterocycles. The third-order valence-corrected chi connectivity index (χ3v) is 4.27. The van der Waals surface area contributed by atoms with Crippen molar-refractivity contribution in [3.8, 4) is 11.6 Å². The lowest BCUT2D eigenvalue weighted by atomic mass is 10.2. The van der Waals surface area contributed by atoms with Gasteiger partial charge in [-0.15, -0.1) is 10.2 Å². The molecule has 1 aromatic heterocycles. The number of fused-ring (bicyclic) bond motifs is 1.